The normalized spacial score (nSPS) is 16.0. The van der Waals surface area contributed by atoms with Gasteiger partial charge in [0.25, 0.3) is 0 Å². The van der Waals surface area contributed by atoms with E-state index in [4.69, 9.17) is 25.7 Å². The van der Waals surface area contributed by atoms with E-state index in [1.54, 1.807) is 6.92 Å². The number of rotatable bonds is 21. The molecule has 0 unspecified atom stereocenters. The third kappa shape index (κ3) is 15.5. The highest BCUT2D eigenvalue weighted by Crippen LogP contribution is 2.35. The Labute approximate surface area is 261 Å². The number of carboxylic acid groups (broad SMARTS) is 2. The number of phosphoric acid groups is 1. The molecular weight excluding hydrogens is 651 g/mol. The monoisotopic (exact) mass is 690 g/mol. The summed E-state index contributed by atoms with van der Waals surface area (Å²) in [7, 11) is -5.23. The number of nitrogens with one attached hydrogen (secondary N) is 5. The van der Waals surface area contributed by atoms with Crippen LogP contribution in [0.2, 0.25) is 0 Å². The first-order valence-electron chi connectivity index (χ1n) is 13.1. The Balaban J connectivity index is 6.14. The SMILES string of the molecule is CC[C@H](C)[C@H](NC(=O)[C@H](COP(=O)(O)O)NC(=O)[C@H](CO)NC(=O)[C@@H](N)CS)C(=O)N[C@@H](CC(=O)O)C(=O)N[C@@H](CO)C(=O)O. The van der Waals surface area contributed by atoms with E-state index in [1.807, 2.05) is 10.6 Å². The second-order valence-electron chi connectivity index (χ2n) is 9.49. The average Bonchev–Trinajstić information content (AvgIpc) is 2.96. The molecule has 0 heterocycles. The van der Waals surface area contributed by atoms with E-state index in [0.29, 0.717) is 0 Å². The molecule has 0 aliphatic carbocycles. The van der Waals surface area contributed by atoms with E-state index >= 15 is 0 Å². The molecule has 258 valence electrons. The first-order chi connectivity index (χ1) is 20.8. The molecule has 0 fully saturated rings. The summed E-state index contributed by atoms with van der Waals surface area (Å²) in [6, 6.07) is -10.2. The van der Waals surface area contributed by atoms with E-state index < -0.39 is 118 Å². The predicted molar refractivity (Wildman–Crippen MR) is 153 cm³/mol. The van der Waals surface area contributed by atoms with E-state index in [2.05, 4.69) is 33.1 Å². The average molecular weight is 691 g/mol. The summed E-state index contributed by atoms with van der Waals surface area (Å²) in [5.74, 6) is -10.0. The van der Waals surface area contributed by atoms with E-state index in [1.165, 1.54) is 6.92 Å². The molecule has 0 saturated carbocycles. The molecule has 0 saturated heterocycles. The van der Waals surface area contributed by atoms with E-state index in [-0.39, 0.29) is 12.2 Å². The summed E-state index contributed by atoms with van der Waals surface area (Å²) in [6.07, 6.45) is -0.865. The van der Waals surface area contributed by atoms with Crippen molar-refractivity contribution in [2.24, 2.45) is 11.7 Å². The summed E-state index contributed by atoms with van der Waals surface area (Å²) in [5.41, 5.74) is 5.51. The topological polar surface area (TPSA) is 353 Å². The zero-order valence-corrected chi connectivity index (χ0v) is 25.9. The molecule has 45 heavy (non-hydrogen) atoms. The Morgan fingerprint density at radius 2 is 1.24 bits per heavy atom. The lowest BCUT2D eigenvalue weighted by atomic mass is 9.97. The lowest BCUT2D eigenvalue weighted by Crippen LogP contribution is -2.61. The number of aliphatic hydroxyl groups excluding tert-OH is 2. The van der Waals surface area contributed by atoms with Crippen LogP contribution in [0, 0.1) is 5.92 Å². The molecule has 5 amide bonds. The zero-order valence-electron chi connectivity index (χ0n) is 24.1. The number of thiol groups is 1. The van der Waals surface area contributed by atoms with Gasteiger partial charge in [0.15, 0.2) is 0 Å². The minimum Gasteiger partial charge on any atom is -0.481 e. The maximum Gasteiger partial charge on any atom is 0.469 e. The minimum absolute atomic E-state index is 0.137. The van der Waals surface area contributed by atoms with Gasteiger partial charge in [-0.25, -0.2) is 9.36 Å². The number of aliphatic carboxylic acids is 2. The van der Waals surface area contributed by atoms with Gasteiger partial charge in [0, 0.05) is 5.75 Å². The fourth-order valence-electron chi connectivity index (χ4n) is 3.24. The van der Waals surface area contributed by atoms with E-state index in [9.17, 15) is 48.3 Å². The van der Waals surface area contributed by atoms with Gasteiger partial charge in [-0.3, -0.25) is 33.3 Å². The van der Waals surface area contributed by atoms with Crippen molar-refractivity contribution in [2.75, 3.05) is 25.6 Å². The number of phosphoric ester groups is 1. The van der Waals surface area contributed by atoms with Gasteiger partial charge in [-0.1, -0.05) is 20.3 Å². The molecule has 0 radical (unpaired) electrons. The smallest absolute Gasteiger partial charge is 0.469 e. The van der Waals surface area contributed by atoms with E-state index in [0.717, 1.165) is 0 Å². The molecule has 0 aliphatic rings. The van der Waals surface area contributed by atoms with Gasteiger partial charge in [0.2, 0.25) is 29.5 Å². The highest BCUT2D eigenvalue weighted by molar-refractivity contribution is 7.80. The van der Waals surface area contributed by atoms with Gasteiger partial charge in [-0.05, 0) is 5.92 Å². The van der Waals surface area contributed by atoms with Gasteiger partial charge in [-0.2, -0.15) is 12.6 Å². The van der Waals surface area contributed by atoms with Crippen LogP contribution in [0.15, 0.2) is 0 Å². The quantitative estimate of drug-likeness (QED) is 0.0394. The fourth-order valence-corrected chi connectivity index (χ4v) is 3.75. The van der Waals surface area contributed by atoms with Gasteiger partial charge in [0.05, 0.1) is 32.3 Å². The molecule has 0 aliphatic heterocycles. The first-order valence-corrected chi connectivity index (χ1v) is 15.2. The number of hydrogen-bond donors (Lipinski definition) is 13. The van der Waals surface area contributed by atoms with Crippen LogP contribution in [-0.4, -0.2) is 134 Å². The molecule has 0 bridgehead atoms. The number of amides is 5. The van der Waals surface area contributed by atoms with Crippen molar-refractivity contribution in [3.63, 3.8) is 0 Å². The molecule has 0 aromatic heterocycles. The summed E-state index contributed by atoms with van der Waals surface area (Å²) in [5, 5.41) is 47.2. The second kappa shape index (κ2) is 19.9. The zero-order chi connectivity index (χ0) is 35.1. The number of aliphatic hydroxyl groups is 2. The van der Waals surface area contributed by atoms with Gasteiger partial charge in [-0.15, -0.1) is 0 Å². The predicted octanol–water partition coefficient (Wildman–Crippen LogP) is -5.63. The lowest BCUT2D eigenvalue weighted by Gasteiger charge is -2.29. The van der Waals surface area contributed by atoms with Crippen LogP contribution in [0.4, 0.5) is 0 Å². The Kier molecular flexibility index (Phi) is 18.4. The second-order valence-corrected chi connectivity index (χ2v) is 11.1. The number of nitrogens with two attached hydrogens (primary N) is 1. The lowest BCUT2D eigenvalue weighted by molar-refractivity contribution is -0.144. The summed E-state index contributed by atoms with van der Waals surface area (Å²) >= 11 is 3.83. The van der Waals surface area contributed by atoms with Crippen LogP contribution in [-0.2, 0) is 42.7 Å². The van der Waals surface area contributed by atoms with Crippen molar-refractivity contribution in [1.82, 2.24) is 26.6 Å². The third-order valence-electron chi connectivity index (χ3n) is 5.99. The molecule has 0 spiro atoms. The minimum atomic E-state index is -5.23. The summed E-state index contributed by atoms with van der Waals surface area (Å²) < 4.78 is 15.6. The molecule has 0 rings (SSSR count). The van der Waals surface area contributed by atoms with Crippen LogP contribution in [0.3, 0.4) is 0 Å². The third-order valence-corrected chi connectivity index (χ3v) is 6.87. The number of carbonyl (C=O) groups is 7. The van der Waals surface area contributed by atoms with Crippen LogP contribution in [0.25, 0.3) is 0 Å². The molecule has 0 aromatic carbocycles. The summed E-state index contributed by atoms with van der Waals surface area (Å²) in [4.78, 5) is 104. The Morgan fingerprint density at radius 3 is 1.69 bits per heavy atom. The Morgan fingerprint density at radius 1 is 0.778 bits per heavy atom. The Bertz CT molecular complexity index is 1120. The van der Waals surface area contributed by atoms with Gasteiger partial charge < -0.3 is 62.5 Å². The number of carboxylic acids is 2. The van der Waals surface area contributed by atoms with Crippen molar-refractivity contribution in [2.45, 2.75) is 62.9 Å². The van der Waals surface area contributed by atoms with Crippen LogP contribution in [0.1, 0.15) is 26.7 Å². The molecule has 7 atom stereocenters. The van der Waals surface area contributed by atoms with Crippen LogP contribution >= 0.6 is 20.5 Å². The number of hydrogen-bond acceptors (Lipinski definition) is 13. The van der Waals surface area contributed by atoms with Crippen molar-refractivity contribution < 1.29 is 72.9 Å². The van der Waals surface area contributed by atoms with Crippen molar-refractivity contribution >= 4 is 61.9 Å². The molecule has 23 heteroatoms. The van der Waals surface area contributed by atoms with Crippen molar-refractivity contribution in [3.05, 3.63) is 0 Å². The number of carbonyl (C=O) groups excluding carboxylic acids is 5. The van der Waals surface area contributed by atoms with Crippen molar-refractivity contribution in [1.29, 1.82) is 0 Å². The molecule has 0 aromatic rings. The van der Waals surface area contributed by atoms with Crippen molar-refractivity contribution in [3.8, 4) is 0 Å². The highest BCUT2D eigenvalue weighted by atomic mass is 32.1. The maximum absolute atomic E-state index is 13.2. The first kappa shape index (κ1) is 41.6. The highest BCUT2D eigenvalue weighted by Gasteiger charge is 2.36. The van der Waals surface area contributed by atoms with Crippen LogP contribution < -0.4 is 32.3 Å². The largest absolute Gasteiger partial charge is 0.481 e. The maximum atomic E-state index is 13.2. The van der Waals surface area contributed by atoms with Gasteiger partial charge >= 0.3 is 19.8 Å². The summed E-state index contributed by atoms with van der Waals surface area (Å²) in [6.45, 7) is -0.218. The fraction of sp³-hybridized carbons (Fsp3) is 0.682. The van der Waals surface area contributed by atoms with Gasteiger partial charge in [0.1, 0.15) is 30.2 Å². The standard InChI is InChI=1S/C22H39N6O15PS/c1-3-9(2)16(21(37)24-11(4-15(31)32)18(34)26-13(6-30)22(38)39)28-20(36)14(7-43-44(40,41)42)27-19(35)12(5-29)25-17(33)10(23)8-45/h9-14,16,29-30,45H,3-8,23H2,1-2H3,(H,24,37)(H,25,33)(H,26,34)(H,27,35)(H,28,36)(H,31,32)(H,38,39)(H2,40,41,42)/t9-,10-,11-,12-,13-,14-,16-/m0/s1. The molecule has 13 N–H and O–H groups in total. The van der Waals surface area contributed by atoms with Crippen LogP contribution in [0.5, 0.6) is 0 Å². The molecular formula is C22H39N6O15PS. The Hall–Kier alpha value is -3.37. The molecule has 21 nitrogen and oxygen atoms in total.